The smallest absolute Gasteiger partial charge is 0.274 e. The van der Waals surface area contributed by atoms with E-state index in [0.29, 0.717) is 28.3 Å². The third-order valence-corrected chi connectivity index (χ3v) is 4.63. The number of hydrogen-bond donors (Lipinski definition) is 0. The van der Waals surface area contributed by atoms with E-state index in [-0.39, 0.29) is 12.2 Å². The van der Waals surface area contributed by atoms with E-state index in [9.17, 15) is 19.7 Å². The van der Waals surface area contributed by atoms with Gasteiger partial charge in [0, 0.05) is 29.1 Å². The molecule has 0 saturated carbocycles. The number of rotatable bonds is 4. The molecule has 0 unspecified atom stereocenters. The Morgan fingerprint density at radius 2 is 1.54 bits per heavy atom. The van der Waals surface area contributed by atoms with Gasteiger partial charge in [0.1, 0.15) is 0 Å². The van der Waals surface area contributed by atoms with Crippen LogP contribution in [0.15, 0.2) is 60.7 Å². The molecule has 4 rings (SSSR count). The number of hydrogen-bond acceptors (Lipinski definition) is 4. The molecule has 0 aliphatic carbocycles. The molecule has 1 heterocycles. The van der Waals surface area contributed by atoms with Gasteiger partial charge in [0.25, 0.3) is 17.5 Å². The number of non-ortho nitro benzene ring substituents is 1. The molecule has 0 N–H and O–H groups in total. The average Bonchev–Trinajstić information content (AvgIpc) is 2.66. The van der Waals surface area contributed by atoms with Gasteiger partial charge < -0.3 is 0 Å². The molecule has 3 aromatic rings. The zero-order chi connectivity index (χ0) is 18.3. The molecule has 0 atom stereocenters. The van der Waals surface area contributed by atoms with Crippen LogP contribution in [0.4, 0.5) is 5.69 Å². The summed E-state index contributed by atoms with van der Waals surface area (Å²) in [6.45, 7) is 0.258. The van der Waals surface area contributed by atoms with Crippen molar-refractivity contribution in [3.05, 3.63) is 87.5 Å². The summed E-state index contributed by atoms with van der Waals surface area (Å²) in [5, 5.41) is 11.9. The number of nitro groups is 1. The number of nitrogens with zero attached hydrogens (tertiary/aromatic N) is 2. The number of carbonyl (C=O) groups is 2. The van der Waals surface area contributed by atoms with Crippen LogP contribution in [0.3, 0.4) is 0 Å². The highest BCUT2D eigenvalue weighted by atomic mass is 16.6. The largest absolute Gasteiger partial charge is 0.277 e. The SMILES string of the molecule is O=C1c2cccc3c([N+](=O)[O-])ccc(c23)C(=O)N1CCc1ccccc1. The zero-order valence-electron chi connectivity index (χ0n) is 13.7. The van der Waals surface area contributed by atoms with E-state index in [2.05, 4.69) is 0 Å². The Labute approximate surface area is 148 Å². The second kappa shape index (κ2) is 6.07. The lowest BCUT2D eigenvalue weighted by atomic mass is 9.93. The maximum atomic E-state index is 12.9. The van der Waals surface area contributed by atoms with Crippen LogP contribution >= 0.6 is 0 Å². The van der Waals surface area contributed by atoms with Gasteiger partial charge in [-0.1, -0.05) is 36.4 Å². The highest BCUT2D eigenvalue weighted by Gasteiger charge is 2.34. The number of carbonyl (C=O) groups excluding carboxylic acids is 2. The number of amides is 2. The molecule has 0 radical (unpaired) electrons. The van der Waals surface area contributed by atoms with Crippen LogP contribution in [0.1, 0.15) is 26.3 Å². The van der Waals surface area contributed by atoms with Gasteiger partial charge in [-0.15, -0.1) is 0 Å². The molecule has 0 aromatic heterocycles. The number of benzene rings is 3. The lowest BCUT2D eigenvalue weighted by Crippen LogP contribution is -2.41. The van der Waals surface area contributed by atoms with Gasteiger partial charge in [-0.25, -0.2) is 0 Å². The molecule has 1 aliphatic rings. The first-order valence-electron chi connectivity index (χ1n) is 8.18. The highest BCUT2D eigenvalue weighted by Crippen LogP contribution is 2.35. The van der Waals surface area contributed by atoms with E-state index in [0.717, 1.165) is 5.56 Å². The highest BCUT2D eigenvalue weighted by molar-refractivity contribution is 6.26. The fourth-order valence-corrected chi connectivity index (χ4v) is 3.38. The summed E-state index contributed by atoms with van der Waals surface area (Å²) in [4.78, 5) is 37.7. The Bertz CT molecular complexity index is 1040. The summed E-state index contributed by atoms with van der Waals surface area (Å²) in [6.07, 6.45) is 0.552. The summed E-state index contributed by atoms with van der Waals surface area (Å²) in [5.74, 6) is -0.825. The van der Waals surface area contributed by atoms with Crippen molar-refractivity contribution >= 4 is 28.3 Å². The van der Waals surface area contributed by atoms with Gasteiger partial charge in [0.2, 0.25) is 0 Å². The van der Waals surface area contributed by atoms with Crippen LogP contribution < -0.4 is 0 Å². The van der Waals surface area contributed by atoms with E-state index in [1.807, 2.05) is 30.3 Å². The molecule has 6 heteroatoms. The molecule has 6 nitrogen and oxygen atoms in total. The molecule has 128 valence electrons. The zero-order valence-corrected chi connectivity index (χ0v) is 13.7. The number of imide groups is 1. The van der Waals surface area contributed by atoms with Gasteiger partial charge in [-0.3, -0.25) is 24.6 Å². The maximum Gasteiger partial charge on any atom is 0.277 e. The Morgan fingerprint density at radius 1 is 0.846 bits per heavy atom. The molecular formula is C20H14N2O4. The fraction of sp³-hybridized carbons (Fsp3) is 0.100. The van der Waals surface area contributed by atoms with E-state index in [1.165, 1.54) is 17.0 Å². The summed E-state index contributed by atoms with van der Waals surface area (Å²) in [7, 11) is 0. The van der Waals surface area contributed by atoms with Gasteiger partial charge in [-0.05, 0) is 30.2 Å². The normalized spacial score (nSPS) is 13.3. The minimum Gasteiger partial charge on any atom is -0.274 e. The predicted molar refractivity (Wildman–Crippen MR) is 96.1 cm³/mol. The first kappa shape index (κ1) is 16.0. The van der Waals surface area contributed by atoms with E-state index >= 15 is 0 Å². The van der Waals surface area contributed by atoms with Crippen molar-refractivity contribution in [1.82, 2.24) is 4.90 Å². The molecule has 0 bridgehead atoms. The monoisotopic (exact) mass is 346 g/mol. The van der Waals surface area contributed by atoms with Gasteiger partial charge >= 0.3 is 0 Å². The van der Waals surface area contributed by atoms with Gasteiger partial charge in [-0.2, -0.15) is 0 Å². The van der Waals surface area contributed by atoms with Crippen LogP contribution in [0.25, 0.3) is 10.8 Å². The van der Waals surface area contributed by atoms with Crippen LogP contribution in [-0.4, -0.2) is 28.2 Å². The Hall–Kier alpha value is -3.54. The molecule has 2 amide bonds. The molecule has 0 spiro atoms. The quantitative estimate of drug-likeness (QED) is 0.411. The first-order valence-corrected chi connectivity index (χ1v) is 8.18. The molecule has 26 heavy (non-hydrogen) atoms. The Balaban J connectivity index is 1.77. The summed E-state index contributed by atoms with van der Waals surface area (Å²) in [5.41, 5.74) is 1.58. The Morgan fingerprint density at radius 3 is 2.23 bits per heavy atom. The standard InChI is InChI=1S/C20H14N2O4/c23-19-15-8-4-7-14-17(22(25)26)10-9-16(18(14)15)20(24)21(19)12-11-13-5-2-1-3-6-13/h1-10H,11-12H2. The second-order valence-corrected chi connectivity index (χ2v) is 6.12. The van der Waals surface area contributed by atoms with Crippen molar-refractivity contribution in [3.8, 4) is 0 Å². The predicted octanol–water partition coefficient (Wildman–Crippen LogP) is 3.59. The second-order valence-electron chi connectivity index (χ2n) is 6.12. The first-order chi connectivity index (χ1) is 12.6. The third kappa shape index (κ3) is 2.43. The van der Waals surface area contributed by atoms with Crippen LogP contribution in [0.2, 0.25) is 0 Å². The van der Waals surface area contributed by atoms with E-state index < -0.39 is 16.7 Å². The lowest BCUT2D eigenvalue weighted by molar-refractivity contribution is -0.383. The molecule has 3 aromatic carbocycles. The van der Waals surface area contributed by atoms with Crippen LogP contribution in [0.5, 0.6) is 0 Å². The summed E-state index contributed by atoms with van der Waals surface area (Å²) >= 11 is 0. The fourth-order valence-electron chi connectivity index (χ4n) is 3.38. The van der Waals surface area contributed by atoms with Crippen LogP contribution in [0, 0.1) is 10.1 Å². The van der Waals surface area contributed by atoms with Crippen molar-refractivity contribution in [1.29, 1.82) is 0 Å². The molecule has 1 aliphatic heterocycles. The average molecular weight is 346 g/mol. The minimum absolute atomic E-state index is 0.107. The van der Waals surface area contributed by atoms with Crippen molar-refractivity contribution in [2.75, 3.05) is 6.54 Å². The topological polar surface area (TPSA) is 80.5 Å². The van der Waals surface area contributed by atoms with Crippen LogP contribution in [-0.2, 0) is 6.42 Å². The molecular weight excluding hydrogens is 332 g/mol. The van der Waals surface area contributed by atoms with Gasteiger partial charge in [0.05, 0.1) is 10.3 Å². The minimum atomic E-state index is -0.500. The molecule has 0 saturated heterocycles. The maximum absolute atomic E-state index is 12.9. The van der Waals surface area contributed by atoms with Crippen molar-refractivity contribution in [2.24, 2.45) is 0 Å². The van der Waals surface area contributed by atoms with E-state index in [4.69, 9.17) is 0 Å². The summed E-state index contributed by atoms with van der Waals surface area (Å²) in [6, 6.07) is 17.2. The number of nitro benzene ring substituents is 1. The van der Waals surface area contributed by atoms with Crippen molar-refractivity contribution in [3.63, 3.8) is 0 Å². The van der Waals surface area contributed by atoms with Crippen molar-refractivity contribution < 1.29 is 14.5 Å². The van der Waals surface area contributed by atoms with Gasteiger partial charge in [0.15, 0.2) is 0 Å². The Kier molecular flexibility index (Phi) is 3.73. The van der Waals surface area contributed by atoms with E-state index in [1.54, 1.807) is 18.2 Å². The molecule has 0 fully saturated rings. The third-order valence-electron chi connectivity index (χ3n) is 4.63. The lowest BCUT2D eigenvalue weighted by Gasteiger charge is -2.27. The van der Waals surface area contributed by atoms with Crippen molar-refractivity contribution in [2.45, 2.75) is 6.42 Å². The summed E-state index contributed by atoms with van der Waals surface area (Å²) < 4.78 is 0.